The van der Waals surface area contributed by atoms with Gasteiger partial charge in [-0.2, -0.15) is 0 Å². The number of phenols is 1. The van der Waals surface area contributed by atoms with Crippen molar-refractivity contribution in [3.05, 3.63) is 42.5 Å². The van der Waals surface area contributed by atoms with Crippen LogP contribution in [-0.4, -0.2) is 76.3 Å². The summed E-state index contributed by atoms with van der Waals surface area (Å²) >= 11 is 0. The van der Waals surface area contributed by atoms with Crippen molar-refractivity contribution in [2.75, 3.05) is 12.3 Å². The fraction of sp³-hybridized carbons (Fsp3) is 0.364. The zero-order chi connectivity index (χ0) is 25.8. The molecule has 4 rings (SSSR count). The molecule has 0 spiro atoms. The summed E-state index contributed by atoms with van der Waals surface area (Å²) in [6.45, 7) is 2.01. The van der Waals surface area contributed by atoms with E-state index in [0.29, 0.717) is 0 Å². The highest BCUT2D eigenvalue weighted by Crippen LogP contribution is 2.57. The van der Waals surface area contributed by atoms with E-state index in [9.17, 15) is 29.7 Å². The number of rotatable bonds is 6. The van der Waals surface area contributed by atoms with Crippen LogP contribution in [0.5, 0.6) is 5.75 Å². The molecule has 0 amide bonds. The van der Waals surface area contributed by atoms with Gasteiger partial charge < -0.3 is 30.5 Å². The minimum atomic E-state index is -2.88. The largest absolute Gasteiger partial charge is 0.508 e. The number of hydrogen-bond donors (Lipinski definition) is 4. The maximum absolute atomic E-state index is 13.6. The number of esters is 1. The van der Waals surface area contributed by atoms with Gasteiger partial charge in [0.05, 0.1) is 6.61 Å². The lowest BCUT2D eigenvalue weighted by molar-refractivity contribution is -0.214. The predicted molar refractivity (Wildman–Crippen MR) is 118 cm³/mol. The molecule has 1 fully saturated rings. The van der Waals surface area contributed by atoms with Gasteiger partial charge in [0.2, 0.25) is 11.3 Å². The van der Waals surface area contributed by atoms with E-state index >= 15 is 0 Å². The standard InChI is InChI=1S/C22H23N5O8/c1-11(29)20(33)16(8-28)35-22(14-5-4-6-15(32)7-14,21(20,12(2)30)34-13(3)31)27-10-26-17-18(23)24-9-25-19(17)27/h4-7,9-10,16,28,32-33H,8H2,1-3H3,(H2,23,24,25)/t16-,20-,21-,22-/m1/s1. The molecule has 3 aromatic rings. The van der Waals surface area contributed by atoms with Crippen LogP contribution in [0.25, 0.3) is 11.2 Å². The van der Waals surface area contributed by atoms with Crippen molar-refractivity contribution in [3.63, 3.8) is 0 Å². The molecule has 1 saturated heterocycles. The number of aromatic hydroxyl groups is 1. The van der Waals surface area contributed by atoms with Gasteiger partial charge in [0.25, 0.3) is 5.60 Å². The van der Waals surface area contributed by atoms with E-state index < -0.39 is 47.2 Å². The van der Waals surface area contributed by atoms with Crippen molar-refractivity contribution >= 4 is 34.5 Å². The van der Waals surface area contributed by atoms with Gasteiger partial charge >= 0.3 is 5.97 Å². The Balaban J connectivity index is 2.28. The molecule has 0 bridgehead atoms. The normalized spacial score (nSPS) is 28.2. The first-order valence-electron chi connectivity index (χ1n) is 10.4. The highest BCUT2D eigenvalue weighted by Gasteiger charge is 2.82. The summed E-state index contributed by atoms with van der Waals surface area (Å²) in [6, 6.07) is 5.35. The number of nitrogens with two attached hydrogens (primary N) is 1. The van der Waals surface area contributed by atoms with Gasteiger partial charge in [-0.1, -0.05) is 12.1 Å². The van der Waals surface area contributed by atoms with Crippen molar-refractivity contribution < 1.29 is 39.2 Å². The molecule has 5 N–H and O–H groups in total. The molecular weight excluding hydrogens is 462 g/mol. The second-order valence-electron chi connectivity index (χ2n) is 8.18. The highest BCUT2D eigenvalue weighted by molar-refractivity contribution is 6.01. The third-order valence-corrected chi connectivity index (χ3v) is 6.23. The van der Waals surface area contributed by atoms with Gasteiger partial charge in [-0.15, -0.1) is 0 Å². The summed E-state index contributed by atoms with van der Waals surface area (Å²) in [6.07, 6.45) is 0.506. The molecule has 1 aliphatic rings. The number of ketones is 2. The van der Waals surface area contributed by atoms with Crippen molar-refractivity contribution in [2.24, 2.45) is 0 Å². The number of nitrogens with zero attached hydrogens (tertiary/aromatic N) is 4. The average Bonchev–Trinajstić information content (AvgIpc) is 3.32. The molecule has 0 radical (unpaired) electrons. The van der Waals surface area contributed by atoms with Crippen LogP contribution in [0.1, 0.15) is 26.3 Å². The number of aliphatic hydroxyl groups excluding tert-OH is 1. The number of fused-ring (bicyclic) bond motifs is 1. The Morgan fingerprint density at radius 3 is 2.46 bits per heavy atom. The van der Waals surface area contributed by atoms with E-state index in [1.165, 1.54) is 24.3 Å². The van der Waals surface area contributed by atoms with E-state index in [0.717, 1.165) is 38.0 Å². The second kappa shape index (κ2) is 8.08. The van der Waals surface area contributed by atoms with Gasteiger partial charge in [-0.25, -0.2) is 15.0 Å². The Morgan fingerprint density at radius 2 is 1.89 bits per heavy atom. The molecule has 3 heterocycles. The number of aromatic nitrogens is 4. The lowest BCUT2D eigenvalue weighted by Crippen LogP contribution is -2.72. The minimum Gasteiger partial charge on any atom is -0.508 e. The van der Waals surface area contributed by atoms with Crippen molar-refractivity contribution in [3.8, 4) is 5.75 Å². The molecule has 1 aliphatic heterocycles. The Bertz CT molecular complexity index is 1360. The van der Waals surface area contributed by atoms with E-state index in [2.05, 4.69) is 15.0 Å². The summed E-state index contributed by atoms with van der Waals surface area (Å²) in [5.74, 6) is -3.35. The lowest BCUT2D eigenvalue weighted by atomic mass is 9.68. The van der Waals surface area contributed by atoms with Gasteiger partial charge in [0, 0.05) is 12.5 Å². The molecule has 0 aliphatic carbocycles. The van der Waals surface area contributed by atoms with Gasteiger partial charge in [0.1, 0.15) is 30.0 Å². The second-order valence-corrected chi connectivity index (χ2v) is 8.18. The first kappa shape index (κ1) is 24.2. The molecule has 13 heteroatoms. The molecule has 0 unspecified atom stereocenters. The Morgan fingerprint density at radius 1 is 1.17 bits per heavy atom. The molecule has 1 aromatic carbocycles. The van der Waals surface area contributed by atoms with Crippen LogP contribution in [0.15, 0.2) is 36.9 Å². The van der Waals surface area contributed by atoms with Crippen molar-refractivity contribution in [2.45, 2.75) is 43.8 Å². The number of ether oxygens (including phenoxy) is 2. The highest BCUT2D eigenvalue weighted by atomic mass is 16.6. The van der Waals surface area contributed by atoms with Crippen LogP contribution < -0.4 is 5.73 Å². The molecule has 2 aromatic heterocycles. The van der Waals surface area contributed by atoms with Crippen LogP contribution in [0.2, 0.25) is 0 Å². The number of anilines is 1. The fourth-order valence-electron chi connectivity index (χ4n) is 4.88. The smallest absolute Gasteiger partial charge is 0.303 e. The first-order chi connectivity index (χ1) is 16.5. The number of nitrogen functional groups attached to an aromatic ring is 1. The summed E-state index contributed by atoms with van der Waals surface area (Å²) in [4.78, 5) is 51.3. The number of hydrogen-bond acceptors (Lipinski definition) is 12. The van der Waals surface area contributed by atoms with Crippen LogP contribution in [0.4, 0.5) is 5.82 Å². The van der Waals surface area contributed by atoms with Gasteiger partial charge in [0.15, 0.2) is 23.0 Å². The Labute approximate surface area is 198 Å². The number of benzene rings is 1. The van der Waals surface area contributed by atoms with Crippen LogP contribution in [-0.2, 0) is 29.6 Å². The number of carbonyl (C=O) groups is 3. The van der Waals surface area contributed by atoms with Crippen LogP contribution in [0.3, 0.4) is 0 Å². The zero-order valence-electron chi connectivity index (χ0n) is 19.0. The summed E-state index contributed by atoms with van der Waals surface area (Å²) in [5, 5.41) is 32.3. The lowest BCUT2D eigenvalue weighted by Gasteiger charge is -2.46. The maximum Gasteiger partial charge on any atom is 0.303 e. The summed E-state index contributed by atoms with van der Waals surface area (Å²) in [5.41, 5.74) is -2.11. The predicted octanol–water partition coefficient (Wildman–Crippen LogP) is -0.583. The quantitative estimate of drug-likeness (QED) is 0.324. The van der Waals surface area contributed by atoms with Gasteiger partial charge in [-0.3, -0.25) is 19.0 Å². The Hall–Kier alpha value is -3.94. The van der Waals surface area contributed by atoms with Crippen molar-refractivity contribution in [1.29, 1.82) is 0 Å². The number of imidazole rings is 1. The molecular formula is C22H23N5O8. The average molecular weight is 485 g/mol. The maximum atomic E-state index is 13.6. The number of carbonyl (C=O) groups excluding carboxylic acids is 3. The molecule has 4 atom stereocenters. The van der Waals surface area contributed by atoms with E-state index in [1.807, 2.05) is 0 Å². The summed E-state index contributed by atoms with van der Waals surface area (Å²) in [7, 11) is 0. The van der Waals surface area contributed by atoms with E-state index in [-0.39, 0.29) is 28.3 Å². The third kappa shape index (κ3) is 2.98. The van der Waals surface area contributed by atoms with Crippen LogP contribution in [0, 0.1) is 0 Å². The Kier molecular flexibility index (Phi) is 5.58. The molecule has 0 saturated carbocycles. The fourth-order valence-corrected chi connectivity index (χ4v) is 4.88. The first-order valence-corrected chi connectivity index (χ1v) is 10.4. The third-order valence-electron chi connectivity index (χ3n) is 6.23. The topological polar surface area (TPSA) is 200 Å². The minimum absolute atomic E-state index is 0.0110. The zero-order valence-corrected chi connectivity index (χ0v) is 19.0. The van der Waals surface area contributed by atoms with Crippen molar-refractivity contribution in [1.82, 2.24) is 19.5 Å². The number of phenolic OH excluding ortho intramolecular Hbond substituents is 1. The van der Waals surface area contributed by atoms with Crippen LogP contribution >= 0.6 is 0 Å². The van der Waals surface area contributed by atoms with E-state index in [4.69, 9.17) is 15.2 Å². The van der Waals surface area contributed by atoms with E-state index in [1.54, 1.807) is 0 Å². The monoisotopic (exact) mass is 485 g/mol. The molecule has 35 heavy (non-hydrogen) atoms. The van der Waals surface area contributed by atoms with Gasteiger partial charge in [-0.05, 0) is 26.0 Å². The summed E-state index contributed by atoms with van der Waals surface area (Å²) < 4.78 is 12.9. The SMILES string of the molecule is CC(=O)O[C@]1(C(C)=O)[C@@](O)(C(C)=O)[C@@H](CO)O[C@@]1(c1cccc(O)c1)n1cnc2c(N)ncnc21. The number of Topliss-reactive ketones (excluding diaryl/α,β-unsaturated/α-hetero) is 2. The molecule has 13 nitrogen and oxygen atoms in total. The number of aliphatic hydroxyl groups is 2. The molecule has 184 valence electrons.